The highest BCUT2D eigenvalue weighted by Crippen LogP contribution is 2.26. The molecule has 0 fully saturated rings. The Hall–Kier alpha value is -1.03. The van der Waals surface area contributed by atoms with Crippen LogP contribution >= 0.6 is 23.2 Å². The summed E-state index contributed by atoms with van der Waals surface area (Å²) in [6, 6.07) is 5.24. The third-order valence-corrected chi connectivity index (χ3v) is 3.49. The van der Waals surface area contributed by atoms with Gasteiger partial charge in [-0.25, -0.2) is 0 Å². The van der Waals surface area contributed by atoms with E-state index >= 15 is 0 Å². The van der Waals surface area contributed by atoms with Gasteiger partial charge in [0.05, 0.1) is 15.6 Å². The zero-order chi connectivity index (χ0) is 15.3. The van der Waals surface area contributed by atoms with E-state index in [0.717, 1.165) is 0 Å². The van der Waals surface area contributed by atoms with Gasteiger partial charge in [0.2, 0.25) is 5.91 Å². The fraction of sp³-hybridized carbons (Fsp3) is 0.400. The number of hydrogen-bond donors (Lipinski definition) is 1. The van der Waals surface area contributed by atoms with Crippen molar-refractivity contribution in [1.29, 1.82) is 0 Å². The minimum absolute atomic E-state index is 0.175. The van der Waals surface area contributed by atoms with Gasteiger partial charge in [0.25, 0.3) is 0 Å². The second kappa shape index (κ2) is 7.11. The standard InChI is InChI=1S/C15H19Cl2NO2/c1-4-18(10-15(2,3)20)13(19)9-8-11-6-5-7-12(16)14(11)17/h5-9,20H,4,10H2,1-3H3. The number of benzene rings is 1. The highest BCUT2D eigenvalue weighted by molar-refractivity contribution is 6.42. The average molecular weight is 316 g/mol. The normalized spacial score (nSPS) is 11.9. The van der Waals surface area contributed by atoms with Gasteiger partial charge >= 0.3 is 0 Å². The lowest BCUT2D eigenvalue weighted by molar-refractivity contribution is -0.128. The number of nitrogens with zero attached hydrogens (tertiary/aromatic N) is 1. The average Bonchev–Trinajstić information content (AvgIpc) is 2.36. The molecule has 110 valence electrons. The number of amides is 1. The van der Waals surface area contributed by atoms with Crippen LogP contribution in [0.15, 0.2) is 24.3 Å². The number of carbonyl (C=O) groups excluding carboxylic acids is 1. The first-order valence-corrected chi connectivity index (χ1v) is 7.13. The Labute approximate surface area is 129 Å². The first kappa shape index (κ1) is 17.0. The predicted octanol–water partition coefficient (Wildman–Crippen LogP) is 3.63. The topological polar surface area (TPSA) is 40.5 Å². The summed E-state index contributed by atoms with van der Waals surface area (Å²) < 4.78 is 0. The van der Waals surface area contributed by atoms with E-state index in [9.17, 15) is 9.90 Å². The first-order valence-electron chi connectivity index (χ1n) is 6.38. The Balaban J connectivity index is 2.83. The molecular formula is C15H19Cl2NO2. The Morgan fingerprint density at radius 3 is 2.60 bits per heavy atom. The first-order chi connectivity index (χ1) is 9.24. The summed E-state index contributed by atoms with van der Waals surface area (Å²) in [7, 11) is 0. The number of hydrogen-bond acceptors (Lipinski definition) is 2. The molecule has 20 heavy (non-hydrogen) atoms. The van der Waals surface area contributed by atoms with Crippen LogP contribution in [0.25, 0.3) is 6.08 Å². The molecule has 1 rings (SSSR count). The molecule has 0 bridgehead atoms. The second-order valence-electron chi connectivity index (χ2n) is 5.14. The van der Waals surface area contributed by atoms with Crippen molar-refractivity contribution in [2.45, 2.75) is 26.4 Å². The van der Waals surface area contributed by atoms with Crippen LogP contribution in [0.4, 0.5) is 0 Å². The Bertz CT molecular complexity index is 507. The fourth-order valence-electron chi connectivity index (χ4n) is 1.73. The van der Waals surface area contributed by atoms with Crippen molar-refractivity contribution in [3.8, 4) is 0 Å². The van der Waals surface area contributed by atoms with E-state index in [-0.39, 0.29) is 12.5 Å². The molecule has 0 aliphatic heterocycles. The van der Waals surface area contributed by atoms with Crippen molar-refractivity contribution in [3.05, 3.63) is 39.9 Å². The molecule has 1 aromatic rings. The fourth-order valence-corrected chi connectivity index (χ4v) is 2.10. The van der Waals surface area contributed by atoms with Gasteiger partial charge in [-0.05, 0) is 38.5 Å². The molecular weight excluding hydrogens is 297 g/mol. The van der Waals surface area contributed by atoms with Crippen molar-refractivity contribution in [2.75, 3.05) is 13.1 Å². The summed E-state index contributed by atoms with van der Waals surface area (Å²) in [5.41, 5.74) is -0.237. The van der Waals surface area contributed by atoms with E-state index in [4.69, 9.17) is 23.2 Å². The van der Waals surface area contributed by atoms with Gasteiger partial charge in [-0.1, -0.05) is 35.3 Å². The van der Waals surface area contributed by atoms with Crippen LogP contribution in [0.1, 0.15) is 26.3 Å². The SMILES string of the molecule is CCN(CC(C)(C)O)C(=O)C=Cc1cccc(Cl)c1Cl. The molecule has 0 spiro atoms. The van der Waals surface area contributed by atoms with Crippen molar-refractivity contribution in [3.63, 3.8) is 0 Å². The van der Waals surface area contributed by atoms with Gasteiger partial charge in [-0.15, -0.1) is 0 Å². The number of halogens is 2. The molecule has 0 aliphatic rings. The zero-order valence-corrected chi connectivity index (χ0v) is 13.4. The number of likely N-dealkylation sites (N-methyl/N-ethyl adjacent to an activating group) is 1. The van der Waals surface area contributed by atoms with E-state index in [2.05, 4.69) is 0 Å². The third kappa shape index (κ3) is 5.16. The lowest BCUT2D eigenvalue weighted by Crippen LogP contribution is -2.41. The van der Waals surface area contributed by atoms with Crippen LogP contribution in [0.5, 0.6) is 0 Å². The number of rotatable bonds is 5. The number of carbonyl (C=O) groups is 1. The molecule has 1 aromatic carbocycles. The largest absolute Gasteiger partial charge is 0.389 e. The van der Waals surface area contributed by atoms with Crippen LogP contribution < -0.4 is 0 Å². The Morgan fingerprint density at radius 2 is 2.05 bits per heavy atom. The van der Waals surface area contributed by atoms with Gasteiger partial charge in [-0.3, -0.25) is 4.79 Å². The quantitative estimate of drug-likeness (QED) is 0.843. The van der Waals surface area contributed by atoms with E-state index in [1.165, 1.54) is 6.08 Å². The van der Waals surface area contributed by atoms with Crippen LogP contribution in [-0.4, -0.2) is 34.6 Å². The van der Waals surface area contributed by atoms with Crippen LogP contribution in [0.3, 0.4) is 0 Å². The summed E-state index contributed by atoms with van der Waals surface area (Å²) in [5.74, 6) is -0.175. The van der Waals surface area contributed by atoms with E-state index < -0.39 is 5.60 Å². The lowest BCUT2D eigenvalue weighted by atomic mass is 10.1. The van der Waals surface area contributed by atoms with Gasteiger partial charge in [0.15, 0.2) is 0 Å². The highest BCUT2D eigenvalue weighted by Gasteiger charge is 2.19. The minimum atomic E-state index is -0.923. The molecule has 0 unspecified atom stereocenters. The molecule has 0 saturated carbocycles. The molecule has 0 heterocycles. The summed E-state index contributed by atoms with van der Waals surface area (Å²) in [5, 5.41) is 10.6. The molecule has 0 aliphatic carbocycles. The molecule has 1 N–H and O–H groups in total. The second-order valence-corrected chi connectivity index (χ2v) is 5.93. The van der Waals surface area contributed by atoms with Crippen molar-refractivity contribution in [1.82, 2.24) is 4.90 Å². The van der Waals surface area contributed by atoms with Crippen LogP contribution in [-0.2, 0) is 4.79 Å². The molecule has 1 amide bonds. The van der Waals surface area contributed by atoms with Crippen molar-refractivity contribution in [2.24, 2.45) is 0 Å². The van der Waals surface area contributed by atoms with Crippen LogP contribution in [0.2, 0.25) is 10.0 Å². The summed E-state index contributed by atoms with van der Waals surface area (Å²) in [4.78, 5) is 13.6. The summed E-state index contributed by atoms with van der Waals surface area (Å²) in [6.45, 7) is 6.00. The van der Waals surface area contributed by atoms with Gasteiger partial charge in [0.1, 0.15) is 0 Å². The highest BCUT2D eigenvalue weighted by atomic mass is 35.5. The van der Waals surface area contributed by atoms with E-state index in [0.29, 0.717) is 22.2 Å². The molecule has 0 saturated heterocycles. The summed E-state index contributed by atoms with van der Waals surface area (Å²) in [6.07, 6.45) is 3.07. The minimum Gasteiger partial charge on any atom is -0.389 e. The monoisotopic (exact) mass is 315 g/mol. The molecule has 0 atom stereocenters. The third-order valence-electron chi connectivity index (χ3n) is 2.66. The molecule has 0 radical (unpaired) electrons. The lowest BCUT2D eigenvalue weighted by Gasteiger charge is -2.27. The van der Waals surface area contributed by atoms with E-state index in [1.807, 2.05) is 6.92 Å². The number of aliphatic hydroxyl groups is 1. The maximum absolute atomic E-state index is 12.1. The van der Waals surface area contributed by atoms with E-state index in [1.54, 1.807) is 43.0 Å². The molecule has 0 aromatic heterocycles. The Morgan fingerprint density at radius 1 is 1.40 bits per heavy atom. The Kier molecular flexibility index (Phi) is 6.06. The maximum atomic E-state index is 12.1. The smallest absolute Gasteiger partial charge is 0.246 e. The molecule has 3 nitrogen and oxygen atoms in total. The molecule has 5 heteroatoms. The van der Waals surface area contributed by atoms with Gasteiger partial charge in [-0.2, -0.15) is 0 Å². The van der Waals surface area contributed by atoms with Crippen molar-refractivity contribution >= 4 is 35.2 Å². The zero-order valence-electron chi connectivity index (χ0n) is 11.9. The van der Waals surface area contributed by atoms with Gasteiger partial charge in [0, 0.05) is 19.2 Å². The van der Waals surface area contributed by atoms with Crippen LogP contribution in [0, 0.1) is 0 Å². The van der Waals surface area contributed by atoms with Gasteiger partial charge < -0.3 is 10.0 Å². The summed E-state index contributed by atoms with van der Waals surface area (Å²) >= 11 is 12.0. The maximum Gasteiger partial charge on any atom is 0.246 e. The predicted molar refractivity (Wildman–Crippen MR) is 84.0 cm³/mol. The van der Waals surface area contributed by atoms with Crippen molar-refractivity contribution < 1.29 is 9.90 Å².